The van der Waals surface area contributed by atoms with Crippen LogP contribution in [-0.2, 0) is 52.1 Å². The standard InChI is InChI=1S/3C10H13.3C3H5.2BrH.2Zr/c3*1-10(2,3)9-7-5-4-6-8-9;3*1-3-2;;;;/h3*4-8H,1H2,2-3H3;3*3H,1-2H2;2*1H;;/q;;;;;;;;2*+1/p-2. The zero-order valence-electron chi connectivity index (χ0n) is 27.5. The van der Waals surface area contributed by atoms with Crippen molar-refractivity contribution < 1.29 is 35.8 Å². The molecule has 0 spiro atoms. The van der Waals surface area contributed by atoms with Gasteiger partial charge in [0.05, 0.1) is 0 Å². The maximum atomic E-state index is 4.59. The summed E-state index contributed by atoms with van der Waals surface area (Å²) in [6.07, 6.45) is 6.04. The molecule has 0 aromatic heterocycles. The molecule has 3 rings (SSSR count). The predicted octanol–water partition coefficient (Wildman–Crippen LogP) is 13.9. The Labute approximate surface area is 285 Å². The number of benzene rings is 3. The third-order valence-electron chi connectivity index (χ3n) is 8.47. The van der Waals surface area contributed by atoms with E-state index in [4.69, 9.17) is 0 Å². The van der Waals surface area contributed by atoms with Crippen molar-refractivity contribution in [3.63, 3.8) is 0 Å². The average molecular weight is 865 g/mol. The molecule has 0 saturated carbocycles. The van der Waals surface area contributed by atoms with E-state index < -0.39 is 35.8 Å². The molecule has 0 fully saturated rings. The van der Waals surface area contributed by atoms with E-state index in [1.807, 2.05) is 18.2 Å². The van der Waals surface area contributed by atoms with E-state index in [0.717, 1.165) is 12.4 Å². The molecular formula is C39H54Br2Zr2. The Balaban J connectivity index is 0.000000499. The molecule has 43 heavy (non-hydrogen) atoms. The second-order valence-corrected chi connectivity index (χ2v) is 50.9. The van der Waals surface area contributed by atoms with Crippen molar-refractivity contribution in [2.45, 2.75) is 82.6 Å². The fourth-order valence-electron chi connectivity index (χ4n) is 6.56. The van der Waals surface area contributed by atoms with Crippen LogP contribution in [0.5, 0.6) is 0 Å². The summed E-state index contributed by atoms with van der Waals surface area (Å²) < 4.78 is 7.31. The van der Waals surface area contributed by atoms with Gasteiger partial charge in [0.25, 0.3) is 0 Å². The third-order valence-corrected chi connectivity index (χ3v) is 37.9. The van der Waals surface area contributed by atoms with Crippen LogP contribution in [0, 0.1) is 0 Å². The predicted molar refractivity (Wildman–Crippen MR) is 196 cm³/mol. The molecule has 232 valence electrons. The van der Waals surface area contributed by atoms with Crippen molar-refractivity contribution in [1.29, 1.82) is 0 Å². The summed E-state index contributed by atoms with van der Waals surface area (Å²) in [5, 5.41) is 0. The summed E-state index contributed by atoms with van der Waals surface area (Å²) >= 11 is 3.60. The summed E-state index contributed by atoms with van der Waals surface area (Å²) in [6, 6.07) is 33.3. The van der Waals surface area contributed by atoms with Crippen LogP contribution in [-0.4, -0.2) is 0 Å². The molecule has 0 bridgehead atoms. The average Bonchev–Trinajstić information content (AvgIpc) is 2.94. The Morgan fingerprint density at radius 2 is 0.698 bits per heavy atom. The molecule has 0 radical (unpaired) electrons. The van der Waals surface area contributed by atoms with Crippen LogP contribution < -0.4 is 0 Å². The first-order valence-electron chi connectivity index (χ1n) is 15.5. The molecular weight excluding hydrogens is 811 g/mol. The normalized spacial score (nSPS) is 12.6. The van der Waals surface area contributed by atoms with Gasteiger partial charge in [0.1, 0.15) is 0 Å². The molecule has 0 atom stereocenters. The van der Waals surface area contributed by atoms with Gasteiger partial charge in [0.15, 0.2) is 0 Å². The van der Waals surface area contributed by atoms with E-state index in [9.17, 15) is 0 Å². The van der Waals surface area contributed by atoms with Gasteiger partial charge in [-0.25, -0.2) is 0 Å². The number of hydrogen-bond acceptors (Lipinski definition) is 0. The van der Waals surface area contributed by atoms with Gasteiger partial charge in [0.2, 0.25) is 0 Å². The van der Waals surface area contributed by atoms with Crippen LogP contribution in [0.2, 0.25) is 24.8 Å². The van der Waals surface area contributed by atoms with Crippen molar-refractivity contribution in [3.05, 3.63) is 146 Å². The van der Waals surface area contributed by atoms with E-state index in [1.54, 1.807) is 0 Å². The Kier molecular flexibility index (Phi) is 15.8. The zero-order chi connectivity index (χ0) is 32.2. The van der Waals surface area contributed by atoms with Crippen LogP contribution in [0.4, 0.5) is 0 Å². The summed E-state index contributed by atoms with van der Waals surface area (Å²) in [5.41, 5.74) is 4.82. The molecule has 0 unspecified atom stereocenters. The zero-order valence-corrected chi connectivity index (χ0v) is 35.6. The molecule has 3 aromatic carbocycles. The van der Waals surface area contributed by atoms with Gasteiger partial charge in [-0.15, -0.1) is 0 Å². The minimum absolute atomic E-state index is 0.153. The first-order chi connectivity index (χ1) is 20.1. The van der Waals surface area contributed by atoms with Crippen LogP contribution in [0.15, 0.2) is 129 Å². The number of hydrogen-bond donors (Lipinski definition) is 0. The molecule has 0 nitrogen and oxygen atoms in total. The summed E-state index contributed by atoms with van der Waals surface area (Å²) in [4.78, 5) is 0. The van der Waals surface area contributed by atoms with Crippen molar-refractivity contribution >= 4 is 24.4 Å². The topological polar surface area (TPSA) is 0 Å². The van der Waals surface area contributed by atoms with Crippen LogP contribution in [0.1, 0.15) is 58.2 Å². The summed E-state index contributed by atoms with van der Waals surface area (Å²) in [6.45, 7) is 26.0. The second kappa shape index (κ2) is 17.5. The molecule has 0 heterocycles. The minimum atomic E-state index is -2.85. The quantitative estimate of drug-likeness (QED) is 0.134. The number of rotatable bonds is 15. The number of halogens is 2. The second-order valence-electron chi connectivity index (χ2n) is 14.1. The van der Waals surface area contributed by atoms with Gasteiger partial charge >= 0.3 is 288 Å². The van der Waals surface area contributed by atoms with Crippen molar-refractivity contribution in [2.75, 3.05) is 0 Å². The molecule has 0 saturated heterocycles. The molecule has 0 aliphatic carbocycles. The Morgan fingerprint density at radius 1 is 0.465 bits per heavy atom. The fourth-order valence-corrected chi connectivity index (χ4v) is 42.2. The van der Waals surface area contributed by atoms with Gasteiger partial charge in [-0.05, 0) is 0 Å². The van der Waals surface area contributed by atoms with Crippen molar-refractivity contribution in [1.82, 2.24) is 0 Å². The molecule has 0 N–H and O–H groups in total. The van der Waals surface area contributed by atoms with Crippen LogP contribution in [0.25, 0.3) is 0 Å². The molecule has 0 aliphatic rings. The Hall–Kier alpha value is -0.394. The maximum absolute atomic E-state index is 4.59. The van der Waals surface area contributed by atoms with E-state index in [1.165, 1.54) is 29.1 Å². The van der Waals surface area contributed by atoms with Crippen LogP contribution in [0.3, 0.4) is 0 Å². The van der Waals surface area contributed by atoms with Gasteiger partial charge in [-0.2, -0.15) is 0 Å². The van der Waals surface area contributed by atoms with Gasteiger partial charge in [0, 0.05) is 0 Å². The van der Waals surface area contributed by atoms with Crippen LogP contribution >= 0.6 is 24.4 Å². The first kappa shape index (κ1) is 38.8. The molecule has 3 aromatic rings. The third kappa shape index (κ3) is 12.7. The van der Waals surface area contributed by atoms with Gasteiger partial charge in [-0.1, -0.05) is 0 Å². The Morgan fingerprint density at radius 3 is 0.907 bits per heavy atom. The SMILES string of the molecule is C=C[CH2][Zr]([Br])([CH2]C=C)[CH2]C=C.CC(C)([CH2][Zr]([Br])([CH2]C(C)(C)c1ccccc1)[CH2]C(C)(C)c1ccccc1)c1ccccc1. The Bertz CT molecular complexity index is 1110. The molecule has 0 amide bonds. The van der Waals surface area contributed by atoms with E-state index in [2.05, 4.69) is 177 Å². The van der Waals surface area contributed by atoms with Crippen molar-refractivity contribution in [3.8, 4) is 0 Å². The molecule has 0 aliphatic heterocycles. The summed E-state index contributed by atoms with van der Waals surface area (Å²) in [5.74, 6) is 0. The van der Waals surface area contributed by atoms with Crippen molar-refractivity contribution in [2.24, 2.45) is 0 Å². The fraction of sp³-hybridized carbons (Fsp3) is 0.385. The number of allylic oxidation sites excluding steroid dienone is 3. The summed E-state index contributed by atoms with van der Waals surface area (Å²) in [7, 11) is 0. The van der Waals surface area contributed by atoms with E-state index in [0.29, 0.717) is 0 Å². The molecule has 4 heteroatoms. The van der Waals surface area contributed by atoms with Gasteiger partial charge < -0.3 is 0 Å². The van der Waals surface area contributed by atoms with E-state index >= 15 is 0 Å². The van der Waals surface area contributed by atoms with Gasteiger partial charge in [-0.3, -0.25) is 0 Å². The first-order valence-corrected chi connectivity index (χ1v) is 37.2. The van der Waals surface area contributed by atoms with E-state index in [-0.39, 0.29) is 16.2 Å². The monoisotopic (exact) mass is 860 g/mol.